The lowest BCUT2D eigenvalue weighted by Crippen LogP contribution is -1.94. The molecule has 3 aromatic carbocycles. The highest BCUT2D eigenvalue weighted by molar-refractivity contribution is 6.10. The predicted octanol–water partition coefficient (Wildman–Crippen LogP) is 5.17. The molecule has 0 atom stereocenters. The second kappa shape index (κ2) is 6.50. The summed E-state index contributed by atoms with van der Waals surface area (Å²) in [5.41, 5.74) is 4.37. The number of benzene rings is 3. The first-order chi connectivity index (χ1) is 12.7. The monoisotopic (exact) mass is 341 g/mol. The Morgan fingerprint density at radius 3 is 1.73 bits per heavy atom. The Bertz CT molecular complexity index is 1100. The van der Waals surface area contributed by atoms with Gasteiger partial charge in [0.2, 0.25) is 0 Å². The number of aromatic nitrogens is 1. The molecule has 0 saturated carbocycles. The smallest absolute Gasteiger partial charge is 0.119 e. The Balaban J connectivity index is 2.04. The zero-order chi connectivity index (χ0) is 18.1. The van der Waals surface area contributed by atoms with Crippen molar-refractivity contribution < 1.29 is 9.47 Å². The van der Waals surface area contributed by atoms with Crippen LogP contribution in [0.3, 0.4) is 0 Å². The third kappa shape index (κ3) is 2.57. The quantitative estimate of drug-likeness (QED) is 0.480. The maximum absolute atomic E-state index is 5.43. The van der Waals surface area contributed by atoms with E-state index in [0.717, 1.165) is 44.6 Å². The van der Waals surface area contributed by atoms with Crippen LogP contribution >= 0.6 is 0 Å². The normalized spacial score (nSPS) is 10.6. The molecule has 0 fully saturated rings. The molecule has 1 heterocycles. The molecule has 0 amide bonds. The van der Waals surface area contributed by atoms with E-state index in [0.29, 0.717) is 0 Å². The van der Waals surface area contributed by atoms with Crippen molar-refractivity contribution in [3.05, 3.63) is 66.2 Å². The van der Waals surface area contributed by atoms with Crippen molar-refractivity contribution in [3.8, 4) is 29.0 Å². The second-order valence-electron chi connectivity index (χ2n) is 6.02. The molecular weight excluding hydrogens is 322 g/mol. The van der Waals surface area contributed by atoms with E-state index in [9.17, 15) is 0 Å². The molecule has 4 rings (SSSR count). The molecule has 0 aliphatic rings. The molecule has 0 unspecified atom stereocenters. The number of methoxy groups -OCH3 is 2. The first-order valence-electron chi connectivity index (χ1n) is 8.44. The highest BCUT2D eigenvalue weighted by Crippen LogP contribution is 2.36. The van der Waals surface area contributed by atoms with E-state index in [1.807, 2.05) is 19.1 Å². The minimum atomic E-state index is 0.841. The van der Waals surface area contributed by atoms with Crippen LogP contribution in [-0.2, 0) is 0 Å². The fourth-order valence-corrected chi connectivity index (χ4v) is 3.35. The number of nitrogens with zero attached hydrogens (tertiary/aromatic N) is 1. The van der Waals surface area contributed by atoms with Gasteiger partial charge in [0.05, 0.1) is 25.3 Å². The Morgan fingerprint density at radius 2 is 1.27 bits per heavy atom. The van der Waals surface area contributed by atoms with Crippen molar-refractivity contribution in [3.63, 3.8) is 0 Å². The van der Waals surface area contributed by atoms with Crippen LogP contribution in [0.5, 0.6) is 11.5 Å². The van der Waals surface area contributed by atoms with Gasteiger partial charge in [-0.2, -0.15) is 0 Å². The SMILES string of the molecule is CC#Cc1ccc(-n2c3ccc(OC)cc3c3cc(OC)ccc32)cc1. The summed E-state index contributed by atoms with van der Waals surface area (Å²) in [4.78, 5) is 0. The molecule has 0 N–H and O–H groups in total. The topological polar surface area (TPSA) is 23.4 Å². The van der Waals surface area contributed by atoms with E-state index >= 15 is 0 Å². The third-order valence-electron chi connectivity index (χ3n) is 4.57. The summed E-state index contributed by atoms with van der Waals surface area (Å²) in [6, 6.07) is 20.6. The van der Waals surface area contributed by atoms with Crippen molar-refractivity contribution in [2.24, 2.45) is 0 Å². The number of ether oxygens (including phenoxy) is 2. The average Bonchev–Trinajstić information content (AvgIpc) is 3.01. The van der Waals surface area contributed by atoms with E-state index in [4.69, 9.17) is 9.47 Å². The van der Waals surface area contributed by atoms with Gasteiger partial charge in [-0.3, -0.25) is 0 Å². The van der Waals surface area contributed by atoms with Gasteiger partial charge in [0.15, 0.2) is 0 Å². The minimum Gasteiger partial charge on any atom is -0.497 e. The number of rotatable bonds is 3. The van der Waals surface area contributed by atoms with Crippen LogP contribution in [-0.4, -0.2) is 18.8 Å². The van der Waals surface area contributed by atoms with Crippen LogP contribution in [0, 0.1) is 11.8 Å². The molecule has 0 bridgehead atoms. The minimum absolute atomic E-state index is 0.841. The van der Waals surface area contributed by atoms with E-state index in [1.165, 1.54) is 0 Å². The van der Waals surface area contributed by atoms with Crippen LogP contribution in [0.4, 0.5) is 0 Å². The van der Waals surface area contributed by atoms with Crippen LogP contribution in [0.1, 0.15) is 12.5 Å². The molecule has 3 heteroatoms. The molecule has 26 heavy (non-hydrogen) atoms. The van der Waals surface area contributed by atoms with Crippen LogP contribution in [0.15, 0.2) is 60.7 Å². The number of hydrogen-bond donors (Lipinski definition) is 0. The molecule has 4 aromatic rings. The Hall–Kier alpha value is -3.38. The summed E-state index contributed by atoms with van der Waals surface area (Å²) in [7, 11) is 3.38. The van der Waals surface area contributed by atoms with Gasteiger partial charge in [-0.25, -0.2) is 0 Å². The molecule has 0 aliphatic heterocycles. The molecule has 3 nitrogen and oxygen atoms in total. The fourth-order valence-electron chi connectivity index (χ4n) is 3.35. The zero-order valence-corrected chi connectivity index (χ0v) is 15.0. The lowest BCUT2D eigenvalue weighted by atomic mass is 10.1. The van der Waals surface area contributed by atoms with Crippen molar-refractivity contribution in [2.75, 3.05) is 14.2 Å². The molecule has 0 radical (unpaired) electrons. The van der Waals surface area contributed by atoms with Crippen molar-refractivity contribution in [1.82, 2.24) is 4.57 Å². The second-order valence-corrected chi connectivity index (χ2v) is 6.02. The van der Waals surface area contributed by atoms with Gasteiger partial charge in [-0.1, -0.05) is 5.92 Å². The Kier molecular flexibility index (Phi) is 4.02. The predicted molar refractivity (Wildman–Crippen MR) is 106 cm³/mol. The first-order valence-corrected chi connectivity index (χ1v) is 8.44. The standard InChI is InChI=1S/C23H19NO2/c1-4-5-16-6-8-17(9-7-16)24-22-12-10-18(25-2)14-20(22)21-15-19(26-3)11-13-23(21)24/h6-15H,1-3H3. The van der Waals surface area contributed by atoms with Crippen molar-refractivity contribution >= 4 is 21.8 Å². The van der Waals surface area contributed by atoms with Crippen molar-refractivity contribution in [2.45, 2.75) is 6.92 Å². The third-order valence-corrected chi connectivity index (χ3v) is 4.57. The summed E-state index contributed by atoms with van der Waals surface area (Å²) in [5.74, 6) is 7.71. The molecular formula is C23H19NO2. The van der Waals surface area contributed by atoms with Gasteiger partial charge in [-0.15, -0.1) is 5.92 Å². The van der Waals surface area contributed by atoms with Crippen molar-refractivity contribution in [1.29, 1.82) is 0 Å². The van der Waals surface area contributed by atoms with E-state index in [2.05, 4.69) is 64.9 Å². The molecule has 128 valence electrons. The zero-order valence-electron chi connectivity index (χ0n) is 15.0. The summed E-state index contributed by atoms with van der Waals surface area (Å²) in [6.45, 7) is 1.85. The van der Waals surface area contributed by atoms with Gasteiger partial charge in [-0.05, 0) is 67.6 Å². The largest absolute Gasteiger partial charge is 0.497 e. The molecule has 0 saturated heterocycles. The molecule has 1 aromatic heterocycles. The summed E-state index contributed by atoms with van der Waals surface area (Å²) < 4.78 is 13.1. The summed E-state index contributed by atoms with van der Waals surface area (Å²) >= 11 is 0. The Morgan fingerprint density at radius 1 is 0.731 bits per heavy atom. The maximum Gasteiger partial charge on any atom is 0.119 e. The van der Waals surface area contributed by atoms with Gasteiger partial charge >= 0.3 is 0 Å². The highest BCUT2D eigenvalue weighted by atomic mass is 16.5. The van der Waals surface area contributed by atoms with Gasteiger partial charge in [0, 0.05) is 22.0 Å². The lowest BCUT2D eigenvalue weighted by molar-refractivity contribution is 0.415. The summed E-state index contributed by atoms with van der Waals surface area (Å²) in [6.07, 6.45) is 0. The van der Waals surface area contributed by atoms with Crippen LogP contribution in [0.25, 0.3) is 27.5 Å². The Labute approximate surface area is 152 Å². The summed E-state index contributed by atoms with van der Waals surface area (Å²) in [5, 5.41) is 2.27. The maximum atomic E-state index is 5.43. The average molecular weight is 341 g/mol. The first kappa shape index (κ1) is 16.1. The van der Waals surface area contributed by atoms with Crippen LogP contribution < -0.4 is 9.47 Å². The molecule has 0 aliphatic carbocycles. The molecule has 0 spiro atoms. The van der Waals surface area contributed by atoms with E-state index in [1.54, 1.807) is 14.2 Å². The number of hydrogen-bond acceptors (Lipinski definition) is 2. The van der Waals surface area contributed by atoms with E-state index in [-0.39, 0.29) is 0 Å². The van der Waals surface area contributed by atoms with Crippen LogP contribution in [0.2, 0.25) is 0 Å². The lowest BCUT2D eigenvalue weighted by Gasteiger charge is -2.08. The fraction of sp³-hybridized carbons (Fsp3) is 0.130. The van der Waals surface area contributed by atoms with Gasteiger partial charge in [0.1, 0.15) is 11.5 Å². The van der Waals surface area contributed by atoms with E-state index < -0.39 is 0 Å². The van der Waals surface area contributed by atoms with Gasteiger partial charge < -0.3 is 14.0 Å². The highest BCUT2D eigenvalue weighted by Gasteiger charge is 2.14. The van der Waals surface area contributed by atoms with Gasteiger partial charge in [0.25, 0.3) is 0 Å². The number of fused-ring (bicyclic) bond motifs is 3.